The number of aliphatic hydroxyl groups is 2. The summed E-state index contributed by atoms with van der Waals surface area (Å²) in [6, 6.07) is 0. The molecular weight excluding hydrogens is 316 g/mol. The number of carbonyl (C=O) groups excluding carboxylic acids is 1. The van der Waals surface area contributed by atoms with Gasteiger partial charge in [0.1, 0.15) is 0 Å². The Kier molecular flexibility index (Phi) is 4.84. The van der Waals surface area contributed by atoms with Crippen molar-refractivity contribution in [3.8, 4) is 0 Å². The first-order chi connectivity index (χ1) is 11.9. The summed E-state index contributed by atoms with van der Waals surface area (Å²) < 4.78 is 0. The highest BCUT2D eigenvalue weighted by atomic mass is 16.3. The van der Waals surface area contributed by atoms with E-state index in [0.717, 1.165) is 77.5 Å². The van der Waals surface area contributed by atoms with E-state index < -0.39 is 5.60 Å². The molecule has 3 N–H and O–H groups in total. The Labute approximate surface area is 151 Å². The molecule has 5 aliphatic rings. The summed E-state index contributed by atoms with van der Waals surface area (Å²) in [5.41, 5.74) is -0.403. The minimum atomic E-state index is -0.473. The van der Waals surface area contributed by atoms with E-state index in [0.29, 0.717) is 18.3 Å². The number of carbonyl (C=O) groups is 1. The number of hydrogen-bond donors (Lipinski definition) is 3. The largest absolute Gasteiger partial charge is 0.392 e. The van der Waals surface area contributed by atoms with Crippen LogP contribution in [0.5, 0.6) is 0 Å². The van der Waals surface area contributed by atoms with Crippen LogP contribution in [0.3, 0.4) is 0 Å². The molecule has 5 fully saturated rings. The average Bonchev–Trinajstić information content (AvgIpc) is 2.48. The van der Waals surface area contributed by atoms with E-state index in [-0.39, 0.29) is 17.4 Å². The molecule has 1 amide bonds. The fraction of sp³-hybridized carbons (Fsp3) is 0.950. The minimum absolute atomic E-state index is 0.0693. The first-order valence-corrected chi connectivity index (χ1v) is 10.3. The van der Waals surface area contributed by atoms with Crippen molar-refractivity contribution in [2.45, 2.75) is 75.9 Å². The number of β-amino-alcohol motifs (C(OH)–C–C–N with tert-alkyl or cyclic N) is 1. The van der Waals surface area contributed by atoms with E-state index in [2.05, 4.69) is 10.2 Å². The Morgan fingerprint density at radius 3 is 2.64 bits per heavy atom. The molecule has 25 heavy (non-hydrogen) atoms. The fourth-order valence-corrected chi connectivity index (χ4v) is 6.78. The van der Waals surface area contributed by atoms with Crippen molar-refractivity contribution in [1.82, 2.24) is 10.2 Å². The zero-order valence-corrected chi connectivity index (χ0v) is 15.4. The van der Waals surface area contributed by atoms with Crippen molar-refractivity contribution in [3.05, 3.63) is 0 Å². The molecule has 5 rings (SSSR count). The van der Waals surface area contributed by atoms with E-state index >= 15 is 0 Å². The van der Waals surface area contributed by atoms with Gasteiger partial charge in [-0.3, -0.25) is 4.79 Å². The summed E-state index contributed by atoms with van der Waals surface area (Å²) in [5.74, 6) is 1.46. The van der Waals surface area contributed by atoms with E-state index in [4.69, 9.17) is 0 Å². The Hall–Kier alpha value is -0.650. The predicted molar refractivity (Wildman–Crippen MR) is 96.0 cm³/mol. The number of amides is 1. The number of nitrogens with one attached hydrogen (secondary N) is 1. The second-order valence-electron chi connectivity index (χ2n) is 9.66. The summed E-state index contributed by atoms with van der Waals surface area (Å²) in [7, 11) is 0. The Balaban J connectivity index is 1.20. The minimum Gasteiger partial charge on any atom is -0.392 e. The van der Waals surface area contributed by atoms with Gasteiger partial charge >= 0.3 is 0 Å². The molecule has 4 bridgehead atoms. The maximum atomic E-state index is 12.5. The van der Waals surface area contributed by atoms with Crippen LogP contribution in [0.25, 0.3) is 0 Å². The molecule has 1 heterocycles. The molecule has 1 aliphatic heterocycles. The van der Waals surface area contributed by atoms with Gasteiger partial charge in [0.2, 0.25) is 5.91 Å². The van der Waals surface area contributed by atoms with Crippen LogP contribution in [0.2, 0.25) is 0 Å². The van der Waals surface area contributed by atoms with Crippen molar-refractivity contribution in [1.29, 1.82) is 0 Å². The van der Waals surface area contributed by atoms with Crippen LogP contribution in [-0.4, -0.2) is 58.9 Å². The van der Waals surface area contributed by atoms with Crippen LogP contribution >= 0.6 is 0 Å². The number of rotatable bonds is 6. The summed E-state index contributed by atoms with van der Waals surface area (Å²) in [6.07, 6.45) is 9.69. The first kappa shape index (κ1) is 17.7. The summed E-state index contributed by atoms with van der Waals surface area (Å²) in [4.78, 5) is 14.8. The van der Waals surface area contributed by atoms with Gasteiger partial charge in [0, 0.05) is 19.5 Å². The Morgan fingerprint density at radius 1 is 1.20 bits per heavy atom. The molecule has 1 saturated heterocycles. The molecule has 4 saturated carbocycles. The van der Waals surface area contributed by atoms with E-state index in [1.807, 2.05) is 0 Å². The number of piperidine rings is 1. The molecule has 3 atom stereocenters. The maximum absolute atomic E-state index is 12.5. The van der Waals surface area contributed by atoms with Crippen LogP contribution < -0.4 is 5.32 Å². The van der Waals surface area contributed by atoms with Gasteiger partial charge in [-0.2, -0.15) is 0 Å². The second-order valence-corrected chi connectivity index (χ2v) is 9.66. The molecule has 5 nitrogen and oxygen atoms in total. The topological polar surface area (TPSA) is 72.8 Å². The highest BCUT2D eigenvalue weighted by Crippen LogP contribution is 2.62. The molecule has 4 aliphatic carbocycles. The summed E-state index contributed by atoms with van der Waals surface area (Å²) in [6.45, 7) is 3.51. The molecule has 0 aromatic heterocycles. The first-order valence-electron chi connectivity index (χ1n) is 10.3. The highest BCUT2D eigenvalue weighted by molar-refractivity contribution is 5.76. The smallest absolute Gasteiger partial charge is 0.220 e. The van der Waals surface area contributed by atoms with Crippen LogP contribution in [0, 0.1) is 17.3 Å². The molecule has 0 radical (unpaired) electrons. The van der Waals surface area contributed by atoms with E-state index in [1.54, 1.807) is 0 Å². The fourth-order valence-electron chi connectivity index (χ4n) is 6.78. The monoisotopic (exact) mass is 350 g/mol. The number of likely N-dealkylation sites (tertiary alicyclic amines) is 1. The molecule has 3 unspecified atom stereocenters. The normalized spacial score (nSPS) is 43.4. The maximum Gasteiger partial charge on any atom is 0.220 e. The van der Waals surface area contributed by atoms with Gasteiger partial charge in [-0.1, -0.05) is 0 Å². The molecular formula is C20H34N2O3. The zero-order chi connectivity index (χ0) is 17.5. The quantitative estimate of drug-likeness (QED) is 0.637. The molecule has 0 aromatic carbocycles. The Morgan fingerprint density at radius 2 is 1.96 bits per heavy atom. The average molecular weight is 351 g/mol. The molecule has 0 aromatic rings. The standard InChI is InChI=1S/C20H34N2O3/c23-17-3-1-5-22(13-17)6-2-4-21-18(24)12-19-8-15-7-16(9-19)11-20(25,10-15)14-19/h15-17,23,25H,1-14H2,(H,21,24). The predicted octanol–water partition coefficient (Wildman–Crippen LogP) is 1.67. The molecule has 5 heteroatoms. The van der Waals surface area contributed by atoms with Gasteiger partial charge in [0.15, 0.2) is 0 Å². The summed E-state index contributed by atoms with van der Waals surface area (Å²) >= 11 is 0. The van der Waals surface area contributed by atoms with Crippen molar-refractivity contribution in [3.63, 3.8) is 0 Å². The van der Waals surface area contributed by atoms with Crippen LogP contribution in [0.4, 0.5) is 0 Å². The van der Waals surface area contributed by atoms with Crippen molar-refractivity contribution >= 4 is 5.91 Å². The third-order valence-electron chi connectivity index (χ3n) is 7.14. The van der Waals surface area contributed by atoms with Gasteiger partial charge < -0.3 is 20.4 Å². The molecule has 142 valence electrons. The Bertz CT molecular complexity index is 495. The van der Waals surface area contributed by atoms with Crippen molar-refractivity contribution in [2.75, 3.05) is 26.2 Å². The number of aliphatic hydroxyl groups excluding tert-OH is 1. The lowest BCUT2D eigenvalue weighted by Gasteiger charge is -2.60. The van der Waals surface area contributed by atoms with E-state index in [1.165, 1.54) is 6.42 Å². The van der Waals surface area contributed by atoms with E-state index in [9.17, 15) is 15.0 Å². The zero-order valence-electron chi connectivity index (χ0n) is 15.4. The van der Waals surface area contributed by atoms with Gasteiger partial charge in [0.25, 0.3) is 0 Å². The lowest BCUT2D eigenvalue weighted by Crippen LogP contribution is -2.56. The number of hydrogen-bond acceptors (Lipinski definition) is 4. The van der Waals surface area contributed by atoms with Crippen LogP contribution in [0.1, 0.15) is 64.2 Å². The third-order valence-corrected chi connectivity index (χ3v) is 7.14. The third kappa shape index (κ3) is 4.04. The lowest BCUT2D eigenvalue weighted by molar-refractivity contribution is -0.169. The lowest BCUT2D eigenvalue weighted by atomic mass is 9.47. The van der Waals surface area contributed by atoms with Gasteiger partial charge in [0.05, 0.1) is 11.7 Å². The van der Waals surface area contributed by atoms with Gasteiger partial charge in [-0.25, -0.2) is 0 Å². The van der Waals surface area contributed by atoms with Crippen molar-refractivity contribution < 1.29 is 15.0 Å². The molecule has 0 spiro atoms. The highest BCUT2D eigenvalue weighted by Gasteiger charge is 2.57. The second kappa shape index (κ2) is 6.82. The van der Waals surface area contributed by atoms with Crippen LogP contribution in [0.15, 0.2) is 0 Å². The number of nitrogens with zero attached hydrogens (tertiary/aromatic N) is 1. The van der Waals surface area contributed by atoms with Gasteiger partial charge in [-0.15, -0.1) is 0 Å². The van der Waals surface area contributed by atoms with Crippen molar-refractivity contribution in [2.24, 2.45) is 17.3 Å². The SMILES string of the molecule is O=C(CC12CC3CC(CC(O)(C3)C1)C2)NCCCN1CCCC(O)C1. The van der Waals surface area contributed by atoms with Crippen LogP contribution in [-0.2, 0) is 4.79 Å². The summed E-state index contributed by atoms with van der Waals surface area (Å²) in [5, 5.41) is 23.6. The van der Waals surface area contributed by atoms with Gasteiger partial charge in [-0.05, 0) is 88.1 Å².